The molecule has 0 saturated heterocycles. The van der Waals surface area contributed by atoms with Gasteiger partial charge in [0.15, 0.2) is 0 Å². The lowest BCUT2D eigenvalue weighted by molar-refractivity contribution is 0.835. The van der Waals surface area contributed by atoms with Crippen molar-refractivity contribution in [3.05, 3.63) is 80.7 Å². The van der Waals surface area contributed by atoms with Crippen LogP contribution >= 0.6 is 11.6 Å². The van der Waals surface area contributed by atoms with Crippen molar-refractivity contribution < 1.29 is 0 Å². The number of halogens is 1. The van der Waals surface area contributed by atoms with Gasteiger partial charge in [-0.2, -0.15) is 5.10 Å². The number of aromatic amines is 1. The fourth-order valence-corrected chi connectivity index (χ4v) is 2.41. The average Bonchev–Trinajstić information content (AvgIpc) is 2.85. The van der Waals surface area contributed by atoms with Crippen LogP contribution in [0.4, 0.5) is 5.69 Å². The van der Waals surface area contributed by atoms with Crippen LogP contribution in [-0.2, 0) is 0 Å². The van der Waals surface area contributed by atoms with Crippen LogP contribution in [0.2, 0.25) is 5.02 Å². The first-order valence-electron chi connectivity index (χ1n) is 7.48. The van der Waals surface area contributed by atoms with E-state index in [2.05, 4.69) is 15.6 Å². The fourth-order valence-electron chi connectivity index (χ4n) is 2.28. The van der Waals surface area contributed by atoms with Gasteiger partial charge in [-0.1, -0.05) is 29.3 Å². The molecule has 1 heterocycles. The summed E-state index contributed by atoms with van der Waals surface area (Å²) in [6, 6.07) is 14.9. The van der Waals surface area contributed by atoms with Crippen LogP contribution in [0.5, 0.6) is 0 Å². The molecule has 1 aromatic heterocycles. The molecule has 0 fully saturated rings. The van der Waals surface area contributed by atoms with Gasteiger partial charge < -0.3 is 0 Å². The van der Waals surface area contributed by atoms with Gasteiger partial charge in [0, 0.05) is 10.7 Å². The van der Waals surface area contributed by atoms with Crippen LogP contribution in [0.15, 0.2) is 58.4 Å². The summed E-state index contributed by atoms with van der Waals surface area (Å²) in [5, 5.41) is 7.86. The second-order valence-corrected chi connectivity index (χ2v) is 5.94. The highest BCUT2D eigenvalue weighted by Gasteiger charge is 2.10. The number of hydrogen-bond acceptors (Lipinski definition) is 3. The number of hydrogen-bond donors (Lipinski definition) is 2. The fraction of sp³-hybridized carbons (Fsp3) is 0.111. The predicted molar refractivity (Wildman–Crippen MR) is 98.5 cm³/mol. The first-order valence-corrected chi connectivity index (χ1v) is 7.86. The smallest absolute Gasteiger partial charge is 0.280 e. The normalized spacial score (nSPS) is 11.1. The third-order valence-corrected chi connectivity index (χ3v) is 3.89. The number of nitrogens with zero attached hydrogens (tertiary/aromatic N) is 2. The first-order chi connectivity index (χ1) is 11.5. The highest BCUT2D eigenvalue weighted by atomic mass is 35.5. The Kier molecular flexibility index (Phi) is 4.53. The minimum atomic E-state index is -0.141. The monoisotopic (exact) mass is 340 g/mol. The molecule has 0 aliphatic heterocycles. The molecule has 3 rings (SSSR count). The highest BCUT2D eigenvalue weighted by Crippen LogP contribution is 2.13. The summed E-state index contributed by atoms with van der Waals surface area (Å²) in [4.78, 5) is 12.6. The Balaban J connectivity index is 1.84. The number of anilines is 1. The van der Waals surface area contributed by atoms with Crippen molar-refractivity contribution in [3.8, 4) is 5.69 Å². The van der Waals surface area contributed by atoms with Gasteiger partial charge in [0.1, 0.15) is 0 Å². The summed E-state index contributed by atoms with van der Waals surface area (Å²) in [5.74, 6) is 0. The molecular weight excluding hydrogens is 324 g/mol. The number of H-pyrrole nitrogens is 1. The summed E-state index contributed by atoms with van der Waals surface area (Å²) < 4.78 is 1.51. The van der Waals surface area contributed by atoms with E-state index in [1.165, 1.54) is 10.9 Å². The molecule has 2 aromatic carbocycles. The number of aromatic nitrogens is 2. The molecule has 3 aromatic rings. The van der Waals surface area contributed by atoms with Crippen LogP contribution in [-0.4, -0.2) is 16.0 Å². The second-order valence-electron chi connectivity index (χ2n) is 5.50. The number of aryl methyl sites for hydroxylation is 2. The van der Waals surface area contributed by atoms with E-state index in [1.807, 2.05) is 50.2 Å². The SMILES string of the molecule is Cc1ccc(-n2[nH]c(C)c(/C=N/Nc3ccc(Cl)cc3)c2=O)cc1. The number of nitrogens with one attached hydrogen (secondary N) is 2. The maximum atomic E-state index is 12.6. The molecule has 0 saturated carbocycles. The second kappa shape index (κ2) is 6.76. The molecule has 6 heteroatoms. The third-order valence-electron chi connectivity index (χ3n) is 3.64. The average molecular weight is 341 g/mol. The van der Waals surface area contributed by atoms with Crippen LogP contribution in [0.1, 0.15) is 16.8 Å². The molecule has 2 N–H and O–H groups in total. The van der Waals surface area contributed by atoms with Gasteiger partial charge in [0.25, 0.3) is 5.56 Å². The van der Waals surface area contributed by atoms with E-state index in [0.717, 1.165) is 22.6 Å². The molecule has 5 nitrogen and oxygen atoms in total. The van der Waals surface area contributed by atoms with Gasteiger partial charge >= 0.3 is 0 Å². The van der Waals surface area contributed by atoms with E-state index in [1.54, 1.807) is 12.1 Å². The molecule has 122 valence electrons. The van der Waals surface area contributed by atoms with Crippen molar-refractivity contribution in [2.24, 2.45) is 5.10 Å². The minimum absolute atomic E-state index is 0.141. The van der Waals surface area contributed by atoms with Gasteiger partial charge in [-0.05, 0) is 50.2 Å². The van der Waals surface area contributed by atoms with Crippen LogP contribution in [0, 0.1) is 13.8 Å². The lowest BCUT2D eigenvalue weighted by Crippen LogP contribution is -2.17. The summed E-state index contributed by atoms with van der Waals surface area (Å²) in [5.41, 5.74) is 6.73. The Morgan fingerprint density at radius 3 is 2.42 bits per heavy atom. The number of hydrazone groups is 1. The van der Waals surface area contributed by atoms with E-state index >= 15 is 0 Å². The molecule has 0 spiro atoms. The largest absolute Gasteiger partial charge is 0.295 e. The van der Waals surface area contributed by atoms with E-state index in [4.69, 9.17) is 11.6 Å². The Bertz CT molecular complexity index is 921. The summed E-state index contributed by atoms with van der Waals surface area (Å²) >= 11 is 5.84. The zero-order valence-corrected chi connectivity index (χ0v) is 14.1. The Morgan fingerprint density at radius 2 is 1.75 bits per heavy atom. The lowest BCUT2D eigenvalue weighted by atomic mass is 10.2. The van der Waals surface area contributed by atoms with Gasteiger partial charge in [0.2, 0.25) is 0 Å². The van der Waals surface area contributed by atoms with Crippen molar-refractivity contribution in [3.63, 3.8) is 0 Å². The van der Waals surface area contributed by atoms with Crippen LogP contribution in [0.25, 0.3) is 5.69 Å². The Morgan fingerprint density at radius 1 is 1.08 bits per heavy atom. The molecule has 24 heavy (non-hydrogen) atoms. The van der Waals surface area contributed by atoms with E-state index < -0.39 is 0 Å². The van der Waals surface area contributed by atoms with Crippen molar-refractivity contribution in [1.29, 1.82) is 0 Å². The van der Waals surface area contributed by atoms with Gasteiger partial charge in [-0.15, -0.1) is 0 Å². The Labute approximate surface area is 144 Å². The standard InChI is InChI=1S/C18H17ClN4O/c1-12-3-9-16(10-4-12)23-18(24)17(13(2)22-23)11-20-21-15-7-5-14(19)6-8-15/h3-11,21-22H,1-2H3/b20-11+. The molecular formula is C18H17ClN4O. The lowest BCUT2D eigenvalue weighted by Gasteiger charge is -2.01. The quantitative estimate of drug-likeness (QED) is 0.559. The van der Waals surface area contributed by atoms with Crippen molar-refractivity contribution in [2.45, 2.75) is 13.8 Å². The molecule has 0 amide bonds. The maximum Gasteiger partial charge on any atom is 0.280 e. The molecule has 0 bridgehead atoms. The highest BCUT2D eigenvalue weighted by molar-refractivity contribution is 6.30. The summed E-state index contributed by atoms with van der Waals surface area (Å²) in [6.07, 6.45) is 1.52. The first kappa shape index (κ1) is 16.1. The number of benzene rings is 2. The molecule has 0 unspecified atom stereocenters. The zero-order chi connectivity index (χ0) is 17.1. The minimum Gasteiger partial charge on any atom is -0.295 e. The van der Waals surface area contributed by atoms with Crippen LogP contribution < -0.4 is 11.0 Å². The summed E-state index contributed by atoms with van der Waals surface area (Å²) in [6.45, 7) is 3.85. The van der Waals surface area contributed by atoms with Gasteiger partial charge in [-0.3, -0.25) is 15.3 Å². The molecule has 0 aliphatic rings. The topological polar surface area (TPSA) is 62.2 Å². The van der Waals surface area contributed by atoms with Crippen molar-refractivity contribution >= 4 is 23.5 Å². The van der Waals surface area contributed by atoms with Gasteiger partial charge in [0.05, 0.1) is 23.2 Å². The molecule has 0 atom stereocenters. The maximum absolute atomic E-state index is 12.6. The molecule has 0 aliphatic carbocycles. The molecule has 0 radical (unpaired) electrons. The summed E-state index contributed by atoms with van der Waals surface area (Å²) in [7, 11) is 0. The van der Waals surface area contributed by atoms with Crippen LogP contribution in [0.3, 0.4) is 0 Å². The number of rotatable bonds is 4. The third kappa shape index (κ3) is 3.41. The van der Waals surface area contributed by atoms with Crippen molar-refractivity contribution in [1.82, 2.24) is 9.78 Å². The van der Waals surface area contributed by atoms with Gasteiger partial charge in [-0.25, -0.2) is 4.68 Å². The van der Waals surface area contributed by atoms with Crippen molar-refractivity contribution in [2.75, 3.05) is 5.43 Å². The zero-order valence-electron chi connectivity index (χ0n) is 13.4. The van der Waals surface area contributed by atoms with E-state index in [-0.39, 0.29) is 5.56 Å². The van der Waals surface area contributed by atoms with E-state index in [9.17, 15) is 4.79 Å². The predicted octanol–water partition coefficient (Wildman–Crippen LogP) is 3.88. The van der Waals surface area contributed by atoms with E-state index in [0.29, 0.717) is 10.6 Å². The Hall–Kier alpha value is -2.79.